The molecule has 3 rings (SSSR count). The van der Waals surface area contributed by atoms with E-state index in [4.69, 9.17) is 0 Å². The Balaban J connectivity index is 1.69. The molecule has 0 bridgehead atoms. The summed E-state index contributed by atoms with van der Waals surface area (Å²) in [5.41, 5.74) is 0.484. The molecule has 1 fully saturated rings. The van der Waals surface area contributed by atoms with E-state index in [2.05, 4.69) is 22.2 Å². The lowest BCUT2D eigenvalue weighted by Crippen LogP contribution is -2.45. The van der Waals surface area contributed by atoms with Gasteiger partial charge in [-0.2, -0.15) is 0 Å². The fourth-order valence-electron chi connectivity index (χ4n) is 3.39. The third kappa shape index (κ3) is 4.18. The zero-order chi connectivity index (χ0) is 17.8. The molecule has 2 N–H and O–H groups in total. The van der Waals surface area contributed by atoms with Crippen LogP contribution in [0.3, 0.4) is 0 Å². The average molecular weight is 342 g/mol. The van der Waals surface area contributed by atoms with Crippen LogP contribution in [0.2, 0.25) is 0 Å². The topological polar surface area (TPSA) is 78.1 Å². The summed E-state index contributed by atoms with van der Waals surface area (Å²) >= 11 is 0. The van der Waals surface area contributed by atoms with Crippen molar-refractivity contribution in [2.45, 2.75) is 52.1 Å². The molecule has 0 unspecified atom stereocenters. The minimum absolute atomic E-state index is 0.0853. The fraction of sp³-hybridized carbons (Fsp3) is 0.526. The highest BCUT2D eigenvalue weighted by Crippen LogP contribution is 2.23. The number of urea groups is 1. The Morgan fingerprint density at radius 3 is 2.72 bits per heavy atom. The van der Waals surface area contributed by atoms with Crippen LogP contribution in [-0.4, -0.2) is 33.5 Å². The summed E-state index contributed by atoms with van der Waals surface area (Å²) in [5, 5.41) is 3.69. The van der Waals surface area contributed by atoms with Crippen molar-refractivity contribution in [2.24, 2.45) is 5.92 Å². The second-order valence-electron chi connectivity index (χ2n) is 6.95. The number of H-pyrrole nitrogens is 1. The number of aromatic nitrogens is 2. The number of rotatable bonds is 4. The second-order valence-corrected chi connectivity index (χ2v) is 6.95. The highest BCUT2D eigenvalue weighted by molar-refractivity contribution is 5.77. The number of carbonyl (C=O) groups excluding carboxylic acids is 1. The maximum atomic E-state index is 12.6. The summed E-state index contributed by atoms with van der Waals surface area (Å²) in [7, 11) is 0. The second kappa shape index (κ2) is 7.68. The zero-order valence-electron chi connectivity index (χ0n) is 14.9. The molecule has 0 saturated heterocycles. The van der Waals surface area contributed by atoms with E-state index in [1.807, 2.05) is 25.1 Å². The van der Waals surface area contributed by atoms with Crippen LogP contribution in [0.25, 0.3) is 10.9 Å². The van der Waals surface area contributed by atoms with Crippen molar-refractivity contribution in [3.8, 4) is 0 Å². The average Bonchev–Trinajstić information content (AvgIpc) is 2.61. The van der Waals surface area contributed by atoms with Crippen molar-refractivity contribution in [1.82, 2.24) is 20.2 Å². The highest BCUT2D eigenvalue weighted by atomic mass is 16.2. The van der Waals surface area contributed by atoms with Gasteiger partial charge in [-0.1, -0.05) is 19.1 Å². The van der Waals surface area contributed by atoms with E-state index >= 15 is 0 Å². The number of para-hydroxylation sites is 1. The van der Waals surface area contributed by atoms with E-state index in [-0.39, 0.29) is 17.6 Å². The summed E-state index contributed by atoms with van der Waals surface area (Å²) in [6, 6.07) is 7.40. The zero-order valence-corrected chi connectivity index (χ0v) is 14.9. The normalized spacial score (nSPS) is 20.4. The van der Waals surface area contributed by atoms with Gasteiger partial charge in [0.25, 0.3) is 5.56 Å². The van der Waals surface area contributed by atoms with Gasteiger partial charge in [0, 0.05) is 12.6 Å². The van der Waals surface area contributed by atoms with Crippen LogP contribution in [0.1, 0.15) is 45.4 Å². The van der Waals surface area contributed by atoms with Crippen molar-refractivity contribution in [2.75, 3.05) is 6.54 Å². The minimum Gasteiger partial charge on any atom is -0.335 e. The molecule has 134 valence electrons. The Morgan fingerprint density at radius 2 is 2.00 bits per heavy atom. The van der Waals surface area contributed by atoms with Crippen LogP contribution in [0.4, 0.5) is 4.79 Å². The Kier molecular flexibility index (Phi) is 5.36. The lowest BCUT2D eigenvalue weighted by molar-refractivity contribution is 0.186. The lowest BCUT2D eigenvalue weighted by atomic mass is 9.87. The highest BCUT2D eigenvalue weighted by Gasteiger charge is 2.22. The van der Waals surface area contributed by atoms with E-state index in [9.17, 15) is 9.59 Å². The first-order chi connectivity index (χ1) is 12.1. The SMILES string of the molecule is CCN(Cc1nc2ccccc2c(=O)[nH]1)C(=O)NC1CCC(C)CC1. The number of hydrogen-bond acceptors (Lipinski definition) is 3. The van der Waals surface area contributed by atoms with Gasteiger partial charge in [-0.15, -0.1) is 0 Å². The summed E-state index contributed by atoms with van der Waals surface area (Å²) in [6.07, 6.45) is 4.40. The smallest absolute Gasteiger partial charge is 0.318 e. The number of carbonyl (C=O) groups is 1. The Labute approximate surface area is 147 Å². The predicted octanol–water partition coefficient (Wildman–Crippen LogP) is 3.03. The molecule has 1 saturated carbocycles. The number of benzene rings is 1. The van der Waals surface area contributed by atoms with Gasteiger partial charge in [0.15, 0.2) is 0 Å². The van der Waals surface area contributed by atoms with E-state index in [0.717, 1.165) is 31.6 Å². The number of fused-ring (bicyclic) bond motifs is 1. The molecule has 1 aliphatic carbocycles. The molecule has 2 amide bonds. The van der Waals surface area contributed by atoms with Crippen molar-refractivity contribution in [3.05, 3.63) is 40.4 Å². The Bertz CT molecular complexity index is 793. The van der Waals surface area contributed by atoms with E-state index in [0.29, 0.717) is 29.8 Å². The van der Waals surface area contributed by atoms with Crippen molar-refractivity contribution >= 4 is 16.9 Å². The number of nitrogens with one attached hydrogen (secondary N) is 2. The molecule has 0 radical (unpaired) electrons. The maximum absolute atomic E-state index is 12.6. The van der Waals surface area contributed by atoms with Crippen molar-refractivity contribution in [1.29, 1.82) is 0 Å². The van der Waals surface area contributed by atoms with Gasteiger partial charge < -0.3 is 15.2 Å². The summed E-state index contributed by atoms with van der Waals surface area (Å²) in [6.45, 7) is 5.05. The molecule has 0 aliphatic heterocycles. The van der Waals surface area contributed by atoms with Crippen molar-refractivity contribution < 1.29 is 4.79 Å². The first kappa shape index (κ1) is 17.5. The Morgan fingerprint density at radius 1 is 1.28 bits per heavy atom. The third-order valence-corrected chi connectivity index (χ3v) is 5.01. The lowest BCUT2D eigenvalue weighted by Gasteiger charge is -2.29. The molecule has 1 aromatic carbocycles. The molecule has 1 heterocycles. The molecule has 6 heteroatoms. The molecule has 0 spiro atoms. The molecule has 1 aliphatic rings. The molecular weight excluding hydrogens is 316 g/mol. The molecule has 6 nitrogen and oxygen atoms in total. The van der Waals surface area contributed by atoms with Crippen LogP contribution < -0.4 is 10.9 Å². The predicted molar refractivity (Wildman–Crippen MR) is 98.4 cm³/mol. The van der Waals surface area contributed by atoms with E-state index < -0.39 is 0 Å². The monoisotopic (exact) mass is 342 g/mol. The number of hydrogen-bond donors (Lipinski definition) is 2. The van der Waals surface area contributed by atoms with Gasteiger partial charge in [-0.25, -0.2) is 9.78 Å². The van der Waals surface area contributed by atoms with Crippen LogP contribution in [0.5, 0.6) is 0 Å². The summed E-state index contributed by atoms with van der Waals surface area (Å²) < 4.78 is 0. The minimum atomic E-state index is -0.168. The van der Waals surface area contributed by atoms with Gasteiger partial charge in [-0.05, 0) is 50.7 Å². The summed E-state index contributed by atoms with van der Waals surface area (Å²) in [4.78, 5) is 33.7. The van der Waals surface area contributed by atoms with E-state index in [1.165, 1.54) is 0 Å². The number of aromatic amines is 1. The molecular formula is C19H26N4O2. The summed E-state index contributed by atoms with van der Waals surface area (Å²) in [5.74, 6) is 1.26. The van der Waals surface area contributed by atoms with Crippen molar-refractivity contribution in [3.63, 3.8) is 0 Å². The fourth-order valence-corrected chi connectivity index (χ4v) is 3.39. The first-order valence-corrected chi connectivity index (χ1v) is 9.10. The third-order valence-electron chi connectivity index (χ3n) is 5.01. The van der Waals surface area contributed by atoms with Crippen LogP contribution in [0, 0.1) is 5.92 Å². The molecule has 25 heavy (non-hydrogen) atoms. The number of amides is 2. The van der Waals surface area contributed by atoms with Gasteiger partial charge >= 0.3 is 6.03 Å². The largest absolute Gasteiger partial charge is 0.335 e. The molecule has 2 aromatic rings. The molecule has 1 aromatic heterocycles. The van der Waals surface area contributed by atoms with Gasteiger partial charge in [-0.3, -0.25) is 4.79 Å². The Hall–Kier alpha value is -2.37. The van der Waals surface area contributed by atoms with Crippen LogP contribution >= 0.6 is 0 Å². The van der Waals surface area contributed by atoms with Gasteiger partial charge in [0.2, 0.25) is 0 Å². The standard InChI is InChI=1S/C19H26N4O2/c1-3-23(19(25)20-14-10-8-13(2)9-11-14)12-17-21-16-7-5-4-6-15(16)18(24)22-17/h4-7,13-14H,3,8-12H2,1-2H3,(H,20,25)(H,21,22,24). The number of nitrogens with zero attached hydrogens (tertiary/aromatic N) is 2. The van der Waals surface area contributed by atoms with Crippen LogP contribution in [0.15, 0.2) is 29.1 Å². The van der Waals surface area contributed by atoms with Gasteiger partial charge in [0.05, 0.1) is 17.4 Å². The van der Waals surface area contributed by atoms with Crippen LogP contribution in [-0.2, 0) is 6.54 Å². The van der Waals surface area contributed by atoms with E-state index in [1.54, 1.807) is 11.0 Å². The maximum Gasteiger partial charge on any atom is 0.318 e. The quantitative estimate of drug-likeness (QED) is 0.896. The van der Waals surface area contributed by atoms with Gasteiger partial charge in [0.1, 0.15) is 5.82 Å². The molecule has 0 atom stereocenters. The first-order valence-electron chi connectivity index (χ1n) is 9.10.